The summed E-state index contributed by atoms with van der Waals surface area (Å²) in [5, 5.41) is 10.1. The van der Waals surface area contributed by atoms with Crippen molar-refractivity contribution in [3.8, 4) is 0 Å². The van der Waals surface area contributed by atoms with Gasteiger partial charge in [-0.3, -0.25) is 0 Å². The minimum absolute atomic E-state index is 0.910. The average molecular weight is 143 g/mol. The number of H-pyrrole nitrogens is 1. The number of thiol groups is 1. The molecule has 9 heavy (non-hydrogen) atoms. The van der Waals surface area contributed by atoms with E-state index in [-0.39, 0.29) is 0 Å². The van der Waals surface area contributed by atoms with Crippen LogP contribution in [0.25, 0.3) is 0 Å². The Morgan fingerprint density at radius 1 is 1.67 bits per heavy atom. The molecule has 0 aliphatic rings. The molecule has 1 aromatic heterocycles. The van der Waals surface area contributed by atoms with Gasteiger partial charge in [0.2, 0.25) is 0 Å². The van der Waals surface area contributed by atoms with Crippen molar-refractivity contribution >= 4 is 12.6 Å². The molecule has 1 aromatic rings. The Balaban J connectivity index is 2.30. The van der Waals surface area contributed by atoms with Crippen molar-refractivity contribution in [1.29, 1.82) is 0 Å². The zero-order chi connectivity index (χ0) is 6.53. The number of hydrogen-bond acceptors (Lipinski definition) is 3. The monoisotopic (exact) mass is 143 g/mol. The van der Waals surface area contributed by atoms with Crippen LogP contribution in [0, 0.1) is 0 Å². The van der Waals surface area contributed by atoms with Crippen LogP contribution in [0.2, 0.25) is 0 Å². The molecule has 0 saturated carbocycles. The van der Waals surface area contributed by atoms with Crippen molar-refractivity contribution in [2.45, 2.75) is 12.8 Å². The van der Waals surface area contributed by atoms with E-state index in [1.807, 2.05) is 0 Å². The minimum atomic E-state index is 0.910. The van der Waals surface area contributed by atoms with E-state index in [1.165, 1.54) is 0 Å². The maximum Gasteiger partial charge on any atom is 0.0825 e. The van der Waals surface area contributed by atoms with Crippen LogP contribution < -0.4 is 0 Å². The van der Waals surface area contributed by atoms with Gasteiger partial charge in [0, 0.05) is 0 Å². The third-order valence-corrected chi connectivity index (χ3v) is 1.37. The molecule has 0 aliphatic carbocycles. The Labute approximate surface area is 59.3 Å². The van der Waals surface area contributed by atoms with Gasteiger partial charge in [0.15, 0.2) is 0 Å². The normalized spacial score (nSPS) is 9.89. The van der Waals surface area contributed by atoms with E-state index in [9.17, 15) is 0 Å². The number of rotatable bonds is 3. The zero-order valence-corrected chi connectivity index (χ0v) is 5.93. The summed E-state index contributed by atoms with van der Waals surface area (Å²) >= 11 is 4.07. The second-order valence-electron chi connectivity index (χ2n) is 1.79. The fraction of sp³-hybridized carbons (Fsp3) is 0.600. The van der Waals surface area contributed by atoms with Crippen LogP contribution in [0.3, 0.4) is 0 Å². The third kappa shape index (κ3) is 2.05. The lowest BCUT2D eigenvalue weighted by molar-refractivity contribution is 0.860. The summed E-state index contributed by atoms with van der Waals surface area (Å²) < 4.78 is 0. The largest absolute Gasteiger partial charge is 0.198 e. The van der Waals surface area contributed by atoms with E-state index >= 15 is 0 Å². The summed E-state index contributed by atoms with van der Waals surface area (Å²) in [7, 11) is 0. The first-order chi connectivity index (χ1) is 4.43. The van der Waals surface area contributed by atoms with Gasteiger partial charge in [0.1, 0.15) is 0 Å². The predicted octanol–water partition coefficient (Wildman–Crippen LogP) is 0.667. The van der Waals surface area contributed by atoms with Gasteiger partial charge in [0.25, 0.3) is 0 Å². The summed E-state index contributed by atoms with van der Waals surface area (Å²) in [6.45, 7) is 0. The highest BCUT2D eigenvalue weighted by Gasteiger charge is 1.92. The van der Waals surface area contributed by atoms with Crippen molar-refractivity contribution in [2.75, 3.05) is 5.75 Å². The Morgan fingerprint density at radius 3 is 3.11 bits per heavy atom. The molecule has 0 atom stereocenters. The molecule has 0 saturated heterocycles. The Morgan fingerprint density at radius 2 is 2.56 bits per heavy atom. The molecule has 0 bridgehead atoms. The Kier molecular flexibility index (Phi) is 2.57. The van der Waals surface area contributed by atoms with Gasteiger partial charge in [-0.1, -0.05) is 0 Å². The molecule has 0 radical (unpaired) electrons. The lowest BCUT2D eigenvalue weighted by Gasteiger charge is -1.87. The molecule has 0 amide bonds. The highest BCUT2D eigenvalue weighted by molar-refractivity contribution is 7.80. The maximum atomic E-state index is 4.07. The van der Waals surface area contributed by atoms with Crippen molar-refractivity contribution in [1.82, 2.24) is 15.4 Å². The zero-order valence-electron chi connectivity index (χ0n) is 5.04. The van der Waals surface area contributed by atoms with E-state index in [0.29, 0.717) is 0 Å². The SMILES string of the molecule is SCCCc1cn[nH]n1. The Bertz CT molecular complexity index is 149. The third-order valence-electron chi connectivity index (χ3n) is 1.06. The van der Waals surface area contributed by atoms with Crippen LogP contribution in [0.1, 0.15) is 12.1 Å². The van der Waals surface area contributed by atoms with Crippen LogP contribution in [0.5, 0.6) is 0 Å². The van der Waals surface area contributed by atoms with Gasteiger partial charge in [0.05, 0.1) is 11.9 Å². The molecule has 0 unspecified atom stereocenters. The molecule has 3 nitrogen and oxygen atoms in total. The van der Waals surface area contributed by atoms with Gasteiger partial charge < -0.3 is 0 Å². The fourth-order valence-electron chi connectivity index (χ4n) is 0.606. The number of aromatic nitrogens is 3. The van der Waals surface area contributed by atoms with Gasteiger partial charge in [-0.25, -0.2) is 0 Å². The molecule has 50 valence electrons. The summed E-state index contributed by atoms with van der Waals surface area (Å²) in [5.41, 5.74) is 1.02. The summed E-state index contributed by atoms with van der Waals surface area (Å²) in [4.78, 5) is 0. The van der Waals surface area contributed by atoms with Gasteiger partial charge in [-0.2, -0.15) is 28.0 Å². The summed E-state index contributed by atoms with van der Waals surface area (Å²) in [6.07, 6.45) is 3.78. The van der Waals surface area contributed by atoms with Crippen molar-refractivity contribution < 1.29 is 0 Å². The lowest BCUT2D eigenvalue weighted by Crippen LogP contribution is -1.85. The molecule has 1 N–H and O–H groups in total. The number of aryl methyl sites for hydroxylation is 1. The number of aromatic amines is 1. The average Bonchev–Trinajstić information content (AvgIpc) is 2.34. The van der Waals surface area contributed by atoms with Crippen molar-refractivity contribution in [3.05, 3.63) is 11.9 Å². The first-order valence-electron chi connectivity index (χ1n) is 2.89. The van der Waals surface area contributed by atoms with Crippen molar-refractivity contribution in [2.24, 2.45) is 0 Å². The minimum Gasteiger partial charge on any atom is -0.198 e. The maximum absolute atomic E-state index is 4.07. The van der Waals surface area contributed by atoms with E-state index in [4.69, 9.17) is 0 Å². The van der Waals surface area contributed by atoms with Gasteiger partial charge in [-0.15, -0.1) is 0 Å². The van der Waals surface area contributed by atoms with Crippen LogP contribution in [0.15, 0.2) is 6.20 Å². The quantitative estimate of drug-likeness (QED) is 0.610. The highest BCUT2D eigenvalue weighted by Crippen LogP contribution is 1.95. The first-order valence-corrected chi connectivity index (χ1v) is 3.52. The highest BCUT2D eigenvalue weighted by atomic mass is 32.1. The van der Waals surface area contributed by atoms with Crippen LogP contribution in [0.4, 0.5) is 0 Å². The smallest absolute Gasteiger partial charge is 0.0825 e. The van der Waals surface area contributed by atoms with Crippen molar-refractivity contribution in [3.63, 3.8) is 0 Å². The van der Waals surface area contributed by atoms with Crippen LogP contribution in [-0.2, 0) is 6.42 Å². The van der Waals surface area contributed by atoms with E-state index in [0.717, 1.165) is 24.3 Å². The standard InChI is InChI=1S/C5H9N3S/c9-3-1-2-5-4-6-8-7-5/h4,9H,1-3H2,(H,6,7,8). The number of nitrogens with zero attached hydrogens (tertiary/aromatic N) is 2. The van der Waals surface area contributed by atoms with Gasteiger partial charge >= 0.3 is 0 Å². The van der Waals surface area contributed by atoms with Crippen LogP contribution >= 0.6 is 12.6 Å². The Hall–Kier alpha value is -0.510. The molecule has 1 heterocycles. The second-order valence-corrected chi connectivity index (χ2v) is 2.24. The van der Waals surface area contributed by atoms with Gasteiger partial charge in [-0.05, 0) is 18.6 Å². The topological polar surface area (TPSA) is 41.6 Å². The van der Waals surface area contributed by atoms with E-state index < -0.39 is 0 Å². The van der Waals surface area contributed by atoms with E-state index in [1.54, 1.807) is 6.20 Å². The fourth-order valence-corrected chi connectivity index (χ4v) is 0.764. The molecular formula is C5H9N3S. The summed E-state index contributed by atoms with van der Waals surface area (Å²) in [6, 6.07) is 0. The molecule has 0 aromatic carbocycles. The lowest BCUT2D eigenvalue weighted by atomic mass is 10.3. The molecular weight excluding hydrogens is 134 g/mol. The van der Waals surface area contributed by atoms with Crippen LogP contribution in [-0.4, -0.2) is 21.2 Å². The number of hydrogen-bond donors (Lipinski definition) is 2. The number of nitrogens with one attached hydrogen (secondary N) is 1. The molecule has 0 spiro atoms. The molecule has 0 aliphatic heterocycles. The second kappa shape index (κ2) is 3.50. The predicted molar refractivity (Wildman–Crippen MR) is 38.6 cm³/mol. The molecule has 1 rings (SSSR count). The van der Waals surface area contributed by atoms with E-state index in [2.05, 4.69) is 28.0 Å². The first kappa shape index (κ1) is 6.61. The molecule has 0 fully saturated rings. The molecule has 4 heteroatoms. The summed E-state index contributed by atoms with van der Waals surface area (Å²) in [5.74, 6) is 0.910.